The first-order valence-electron chi connectivity index (χ1n) is 5.34. The average Bonchev–Trinajstić information content (AvgIpc) is 2.78. The van der Waals surface area contributed by atoms with E-state index in [0.717, 1.165) is 9.75 Å². The van der Waals surface area contributed by atoms with Crippen molar-refractivity contribution in [1.29, 1.82) is 10.5 Å². The normalized spacial score (nSPS) is 9.76. The van der Waals surface area contributed by atoms with Gasteiger partial charge in [0, 0.05) is 9.75 Å². The van der Waals surface area contributed by atoms with Gasteiger partial charge in [0.15, 0.2) is 0 Å². The van der Waals surface area contributed by atoms with Gasteiger partial charge in [-0.2, -0.15) is 10.5 Å². The lowest BCUT2D eigenvalue weighted by molar-refractivity contribution is 0.128. The van der Waals surface area contributed by atoms with Crippen LogP contribution >= 0.6 is 11.3 Å². The lowest BCUT2D eigenvalue weighted by Gasteiger charge is -1.99. The van der Waals surface area contributed by atoms with E-state index in [2.05, 4.69) is 0 Å². The third-order valence-corrected chi connectivity index (χ3v) is 2.95. The number of nitriles is 2. The number of nitrogens with zero attached hydrogens (tertiary/aromatic N) is 2. The topological polar surface area (TPSA) is 66.0 Å². The average molecular weight is 250 g/mol. The fraction of sp³-hybridized carbons (Fsp3) is 0.500. The van der Waals surface area contributed by atoms with Gasteiger partial charge in [0.25, 0.3) is 0 Å². The van der Waals surface area contributed by atoms with Crippen molar-refractivity contribution >= 4 is 11.3 Å². The van der Waals surface area contributed by atoms with Gasteiger partial charge in [-0.3, -0.25) is 0 Å². The maximum atomic E-state index is 8.34. The number of ether oxygens (including phenoxy) is 2. The molecule has 0 saturated carbocycles. The molecule has 0 aromatic carbocycles. The minimum atomic E-state index is 0.426. The summed E-state index contributed by atoms with van der Waals surface area (Å²) in [4.78, 5) is 2.25. The molecule has 1 heterocycles. The van der Waals surface area contributed by atoms with Crippen molar-refractivity contribution in [1.82, 2.24) is 0 Å². The van der Waals surface area contributed by atoms with Crippen LogP contribution in [0.4, 0.5) is 0 Å². The van der Waals surface area contributed by atoms with Crippen molar-refractivity contribution in [2.24, 2.45) is 0 Å². The summed E-state index contributed by atoms with van der Waals surface area (Å²) in [7, 11) is 0. The molecule has 0 spiro atoms. The van der Waals surface area contributed by atoms with Gasteiger partial charge in [-0.1, -0.05) is 0 Å². The van der Waals surface area contributed by atoms with Crippen LogP contribution < -0.4 is 0 Å². The molecule has 5 heteroatoms. The smallest absolute Gasteiger partial charge is 0.0809 e. The molecule has 4 nitrogen and oxygen atoms in total. The summed E-state index contributed by atoms with van der Waals surface area (Å²) in [5, 5.41) is 16.7. The van der Waals surface area contributed by atoms with Crippen molar-refractivity contribution in [3.8, 4) is 12.1 Å². The maximum absolute atomic E-state index is 8.34. The Morgan fingerprint density at radius 3 is 1.82 bits per heavy atom. The highest BCUT2D eigenvalue weighted by atomic mass is 32.1. The largest absolute Gasteiger partial charge is 0.375 e. The second-order valence-electron chi connectivity index (χ2n) is 3.29. The molecule has 0 amide bonds. The van der Waals surface area contributed by atoms with E-state index in [4.69, 9.17) is 20.0 Å². The second-order valence-corrected chi connectivity index (χ2v) is 4.54. The fourth-order valence-electron chi connectivity index (χ4n) is 1.16. The molecular weight excluding hydrogens is 236 g/mol. The van der Waals surface area contributed by atoms with E-state index in [1.807, 2.05) is 24.3 Å². The number of hydrogen-bond acceptors (Lipinski definition) is 5. The number of thiophene rings is 1. The SMILES string of the molecule is N#CCCOCc1ccc(COCCC#N)s1. The standard InChI is InChI=1S/C12H14N2O2S/c13-5-1-7-15-9-11-3-4-12(17-11)10-16-8-2-6-14/h3-4H,1-2,7-10H2. The molecule has 17 heavy (non-hydrogen) atoms. The Bertz CT molecular complexity index is 367. The van der Waals surface area contributed by atoms with Gasteiger partial charge < -0.3 is 9.47 Å². The van der Waals surface area contributed by atoms with Gasteiger partial charge >= 0.3 is 0 Å². The van der Waals surface area contributed by atoms with Crippen LogP contribution in [0.1, 0.15) is 22.6 Å². The van der Waals surface area contributed by atoms with Crippen LogP contribution in [0.2, 0.25) is 0 Å². The van der Waals surface area contributed by atoms with Crippen molar-refractivity contribution in [3.63, 3.8) is 0 Å². The molecule has 0 aliphatic carbocycles. The van der Waals surface area contributed by atoms with Gasteiger partial charge in [0.1, 0.15) is 0 Å². The van der Waals surface area contributed by atoms with Crippen LogP contribution in [0, 0.1) is 22.7 Å². The third kappa shape index (κ3) is 6.03. The molecule has 0 aliphatic rings. The van der Waals surface area contributed by atoms with Crippen LogP contribution in [-0.2, 0) is 22.7 Å². The molecule has 0 N–H and O–H groups in total. The van der Waals surface area contributed by atoms with Crippen LogP contribution in [0.5, 0.6) is 0 Å². The Balaban J connectivity index is 2.19. The van der Waals surface area contributed by atoms with Gasteiger partial charge in [-0.05, 0) is 12.1 Å². The Morgan fingerprint density at radius 1 is 0.941 bits per heavy atom. The fourth-order valence-corrected chi connectivity index (χ4v) is 2.05. The second kappa shape index (κ2) is 8.72. The Kier molecular flexibility index (Phi) is 7.01. The molecule has 0 radical (unpaired) electrons. The van der Waals surface area contributed by atoms with Gasteiger partial charge in [0.05, 0.1) is 51.4 Å². The molecular formula is C12H14N2O2S. The molecule has 0 atom stereocenters. The molecule has 0 bridgehead atoms. The predicted molar refractivity (Wildman–Crippen MR) is 64.1 cm³/mol. The zero-order chi connectivity index (χ0) is 12.3. The molecule has 90 valence electrons. The van der Waals surface area contributed by atoms with E-state index in [0.29, 0.717) is 39.3 Å². The minimum absolute atomic E-state index is 0.426. The monoisotopic (exact) mass is 250 g/mol. The van der Waals surface area contributed by atoms with Crippen LogP contribution in [0.15, 0.2) is 12.1 Å². The highest BCUT2D eigenvalue weighted by Gasteiger charge is 2.00. The summed E-state index contributed by atoms with van der Waals surface area (Å²) in [6.07, 6.45) is 0.852. The van der Waals surface area contributed by atoms with E-state index < -0.39 is 0 Å². The summed E-state index contributed by atoms with van der Waals surface area (Å²) in [5.74, 6) is 0. The number of rotatable bonds is 8. The summed E-state index contributed by atoms with van der Waals surface area (Å²) in [6.45, 7) is 2.04. The Hall–Kier alpha value is -1.40. The van der Waals surface area contributed by atoms with Gasteiger partial charge in [0.2, 0.25) is 0 Å². The zero-order valence-electron chi connectivity index (χ0n) is 9.52. The van der Waals surface area contributed by atoms with E-state index in [9.17, 15) is 0 Å². The molecule has 0 saturated heterocycles. The molecule has 0 aliphatic heterocycles. The number of hydrogen-bond donors (Lipinski definition) is 0. The van der Waals surface area contributed by atoms with Crippen LogP contribution in [-0.4, -0.2) is 13.2 Å². The molecule has 0 fully saturated rings. The lowest BCUT2D eigenvalue weighted by Crippen LogP contribution is -1.92. The zero-order valence-corrected chi connectivity index (χ0v) is 10.3. The maximum Gasteiger partial charge on any atom is 0.0809 e. The Labute approximate surface area is 105 Å². The summed E-state index contributed by atoms with van der Waals surface area (Å²) in [5.41, 5.74) is 0. The Morgan fingerprint density at radius 2 is 1.41 bits per heavy atom. The van der Waals surface area contributed by atoms with Crippen LogP contribution in [0.25, 0.3) is 0 Å². The van der Waals surface area contributed by atoms with E-state index in [-0.39, 0.29) is 0 Å². The van der Waals surface area contributed by atoms with E-state index in [1.165, 1.54) is 0 Å². The van der Waals surface area contributed by atoms with Gasteiger partial charge in [-0.25, -0.2) is 0 Å². The lowest BCUT2D eigenvalue weighted by atomic mass is 10.4. The van der Waals surface area contributed by atoms with E-state index >= 15 is 0 Å². The summed E-state index contributed by atoms with van der Waals surface area (Å²) >= 11 is 1.63. The minimum Gasteiger partial charge on any atom is -0.375 e. The van der Waals surface area contributed by atoms with Crippen molar-refractivity contribution in [2.45, 2.75) is 26.1 Å². The molecule has 1 aromatic rings. The third-order valence-electron chi connectivity index (χ3n) is 1.92. The molecule has 1 aromatic heterocycles. The van der Waals surface area contributed by atoms with Crippen molar-refractivity contribution in [3.05, 3.63) is 21.9 Å². The van der Waals surface area contributed by atoms with Crippen molar-refractivity contribution in [2.75, 3.05) is 13.2 Å². The first kappa shape index (κ1) is 13.7. The van der Waals surface area contributed by atoms with Gasteiger partial charge in [-0.15, -0.1) is 11.3 Å². The first-order valence-corrected chi connectivity index (χ1v) is 6.15. The first-order chi connectivity index (χ1) is 8.36. The molecule has 1 rings (SSSR count). The highest BCUT2D eigenvalue weighted by Crippen LogP contribution is 2.18. The predicted octanol–water partition coefficient (Wildman–Crippen LogP) is 2.61. The highest BCUT2D eigenvalue weighted by molar-refractivity contribution is 7.11. The summed E-state index contributed by atoms with van der Waals surface area (Å²) < 4.78 is 10.6. The molecule has 0 unspecified atom stereocenters. The van der Waals surface area contributed by atoms with Crippen molar-refractivity contribution < 1.29 is 9.47 Å². The van der Waals surface area contributed by atoms with Crippen LogP contribution in [0.3, 0.4) is 0 Å². The van der Waals surface area contributed by atoms with E-state index in [1.54, 1.807) is 11.3 Å². The summed E-state index contributed by atoms with van der Waals surface area (Å²) in [6, 6.07) is 8.06. The quantitative estimate of drug-likeness (QED) is 0.665.